The summed E-state index contributed by atoms with van der Waals surface area (Å²) in [5.41, 5.74) is 0.169. The quantitative estimate of drug-likeness (QED) is 0.857. The number of thioether (sulfide) groups is 2. The molecule has 1 atom stereocenters. The summed E-state index contributed by atoms with van der Waals surface area (Å²) in [5.74, 6) is 0.548. The lowest BCUT2D eigenvalue weighted by molar-refractivity contribution is 0.487. The van der Waals surface area contributed by atoms with Crippen molar-refractivity contribution in [1.82, 2.24) is 5.32 Å². The monoisotopic (exact) mass is 293 g/mol. The zero-order chi connectivity index (χ0) is 13.0. The van der Waals surface area contributed by atoms with Gasteiger partial charge in [0.25, 0.3) is 0 Å². The first-order chi connectivity index (χ1) is 8.66. The van der Waals surface area contributed by atoms with Crippen molar-refractivity contribution in [2.75, 3.05) is 23.8 Å². The van der Waals surface area contributed by atoms with Gasteiger partial charge in [0.1, 0.15) is 5.82 Å². The molecule has 0 aromatic heterocycles. The van der Waals surface area contributed by atoms with Gasteiger partial charge in [-0.15, -0.1) is 0 Å². The van der Waals surface area contributed by atoms with Gasteiger partial charge in [-0.1, -0.05) is 0 Å². The lowest BCUT2D eigenvalue weighted by atomic mass is 10.2. The zero-order valence-corrected chi connectivity index (χ0v) is 11.4. The Bertz CT molecular complexity index is 409. The van der Waals surface area contributed by atoms with Crippen molar-refractivity contribution in [3.63, 3.8) is 0 Å². The predicted octanol–water partition coefficient (Wildman–Crippen LogP) is 3.04. The number of nitrogens with one attached hydrogen (secondary N) is 1. The van der Waals surface area contributed by atoms with Crippen molar-refractivity contribution >= 4 is 23.5 Å². The highest BCUT2D eigenvalue weighted by Crippen LogP contribution is 2.23. The Labute approximate surface area is 113 Å². The molecule has 100 valence electrons. The number of hydrogen-bond donors (Lipinski definition) is 1. The summed E-state index contributed by atoms with van der Waals surface area (Å²) in [6.45, 7) is 0.987. The predicted molar refractivity (Wildman–Crippen MR) is 71.6 cm³/mol. The van der Waals surface area contributed by atoms with Crippen LogP contribution >= 0.6 is 23.5 Å². The lowest BCUT2D eigenvalue weighted by Crippen LogP contribution is -2.28. The Morgan fingerprint density at radius 2 is 1.89 bits per heavy atom. The molecule has 6 heteroatoms. The molecule has 2 rings (SSSR count). The third-order valence-corrected chi connectivity index (χ3v) is 5.51. The summed E-state index contributed by atoms with van der Waals surface area (Å²) in [6, 6.07) is 1.51. The van der Waals surface area contributed by atoms with Gasteiger partial charge in [0.15, 0.2) is 11.6 Å². The molecule has 1 aliphatic heterocycles. The Balaban J connectivity index is 1.84. The average Bonchev–Trinajstić information content (AvgIpc) is 2.37. The van der Waals surface area contributed by atoms with Crippen molar-refractivity contribution in [3.05, 3.63) is 35.1 Å². The third kappa shape index (κ3) is 3.83. The van der Waals surface area contributed by atoms with Gasteiger partial charge in [-0.25, -0.2) is 13.2 Å². The van der Waals surface area contributed by atoms with Crippen molar-refractivity contribution in [2.45, 2.75) is 11.8 Å². The van der Waals surface area contributed by atoms with E-state index in [1.165, 1.54) is 5.75 Å². The molecule has 1 aliphatic rings. The van der Waals surface area contributed by atoms with Gasteiger partial charge in [-0.05, 0) is 6.07 Å². The molecule has 0 saturated carbocycles. The maximum Gasteiger partial charge on any atom is 0.161 e. The minimum atomic E-state index is -1.14. The molecule has 1 heterocycles. The fourth-order valence-corrected chi connectivity index (χ4v) is 4.37. The van der Waals surface area contributed by atoms with Crippen LogP contribution in [-0.4, -0.2) is 29.1 Å². The summed E-state index contributed by atoms with van der Waals surface area (Å²) >= 11 is 3.81. The van der Waals surface area contributed by atoms with Crippen LogP contribution in [0.4, 0.5) is 13.2 Å². The van der Waals surface area contributed by atoms with Crippen LogP contribution in [0.5, 0.6) is 0 Å². The van der Waals surface area contributed by atoms with Gasteiger partial charge in [0, 0.05) is 47.2 Å². The molecule has 1 N–H and O–H groups in total. The SMILES string of the molecule is Fc1cc(F)c(CNCC2CSCCS2)cc1F. The lowest BCUT2D eigenvalue weighted by Gasteiger charge is -2.21. The molecule has 1 unspecified atom stereocenters. The number of halogens is 3. The van der Waals surface area contributed by atoms with Crippen molar-refractivity contribution < 1.29 is 13.2 Å². The molecule has 0 bridgehead atoms. The zero-order valence-electron chi connectivity index (χ0n) is 9.72. The van der Waals surface area contributed by atoms with Crippen LogP contribution in [0.25, 0.3) is 0 Å². The molecule has 1 aromatic rings. The highest BCUT2D eigenvalue weighted by Gasteiger charge is 2.14. The number of benzene rings is 1. The van der Waals surface area contributed by atoms with Gasteiger partial charge in [0.2, 0.25) is 0 Å². The van der Waals surface area contributed by atoms with Crippen LogP contribution < -0.4 is 5.32 Å². The molecule has 18 heavy (non-hydrogen) atoms. The van der Waals surface area contributed by atoms with E-state index in [0.717, 1.165) is 24.1 Å². The van der Waals surface area contributed by atoms with E-state index in [0.29, 0.717) is 11.3 Å². The molecule has 1 fully saturated rings. The minimum absolute atomic E-state index is 0.169. The van der Waals surface area contributed by atoms with E-state index in [1.807, 2.05) is 23.5 Å². The second kappa shape index (κ2) is 6.73. The van der Waals surface area contributed by atoms with E-state index in [-0.39, 0.29) is 12.1 Å². The summed E-state index contributed by atoms with van der Waals surface area (Å²) in [5, 5.41) is 3.61. The maximum absolute atomic E-state index is 13.3. The van der Waals surface area contributed by atoms with Crippen molar-refractivity contribution in [2.24, 2.45) is 0 Å². The van der Waals surface area contributed by atoms with E-state index >= 15 is 0 Å². The second-order valence-electron chi connectivity index (χ2n) is 4.06. The molecular formula is C12H14F3NS2. The standard InChI is InChI=1S/C12H14F3NS2/c13-10-4-12(15)11(14)3-8(10)5-16-6-9-7-17-1-2-18-9/h3-4,9,16H,1-2,5-7H2. The van der Waals surface area contributed by atoms with Crippen LogP contribution in [-0.2, 0) is 6.54 Å². The molecule has 0 radical (unpaired) electrons. The van der Waals surface area contributed by atoms with Gasteiger partial charge in [-0.2, -0.15) is 23.5 Å². The summed E-state index contributed by atoms with van der Waals surface area (Å²) in [7, 11) is 0. The molecule has 1 aromatic carbocycles. The van der Waals surface area contributed by atoms with Gasteiger partial charge < -0.3 is 5.32 Å². The van der Waals surface area contributed by atoms with E-state index < -0.39 is 17.5 Å². The topological polar surface area (TPSA) is 12.0 Å². The first kappa shape index (κ1) is 14.1. The van der Waals surface area contributed by atoms with Crippen LogP contribution in [0.15, 0.2) is 12.1 Å². The minimum Gasteiger partial charge on any atom is -0.311 e. The van der Waals surface area contributed by atoms with Crippen molar-refractivity contribution in [3.8, 4) is 0 Å². The number of rotatable bonds is 4. The van der Waals surface area contributed by atoms with Crippen LogP contribution in [0.1, 0.15) is 5.56 Å². The second-order valence-corrected chi connectivity index (χ2v) is 6.61. The number of hydrogen-bond acceptors (Lipinski definition) is 3. The molecule has 1 nitrogen and oxygen atoms in total. The first-order valence-electron chi connectivity index (χ1n) is 5.70. The van der Waals surface area contributed by atoms with Gasteiger partial charge in [0.05, 0.1) is 0 Å². The first-order valence-corrected chi connectivity index (χ1v) is 7.90. The Morgan fingerprint density at radius 1 is 1.11 bits per heavy atom. The Morgan fingerprint density at radius 3 is 2.61 bits per heavy atom. The summed E-state index contributed by atoms with van der Waals surface area (Å²) in [6.07, 6.45) is 0. The average molecular weight is 293 g/mol. The highest BCUT2D eigenvalue weighted by atomic mass is 32.2. The Hall–Kier alpha value is -0.330. The molecule has 0 spiro atoms. The molecule has 0 amide bonds. The smallest absolute Gasteiger partial charge is 0.161 e. The molecular weight excluding hydrogens is 279 g/mol. The highest BCUT2D eigenvalue weighted by molar-refractivity contribution is 8.06. The molecule has 0 aliphatic carbocycles. The Kier molecular flexibility index (Phi) is 5.26. The van der Waals surface area contributed by atoms with Crippen LogP contribution in [0.2, 0.25) is 0 Å². The van der Waals surface area contributed by atoms with E-state index in [2.05, 4.69) is 5.32 Å². The van der Waals surface area contributed by atoms with E-state index in [4.69, 9.17) is 0 Å². The fourth-order valence-electron chi connectivity index (χ4n) is 1.72. The summed E-state index contributed by atoms with van der Waals surface area (Å²) < 4.78 is 39.0. The van der Waals surface area contributed by atoms with Crippen LogP contribution in [0, 0.1) is 17.5 Å². The van der Waals surface area contributed by atoms with Crippen molar-refractivity contribution in [1.29, 1.82) is 0 Å². The fraction of sp³-hybridized carbons (Fsp3) is 0.500. The molecule has 1 saturated heterocycles. The maximum atomic E-state index is 13.3. The largest absolute Gasteiger partial charge is 0.311 e. The summed E-state index contributed by atoms with van der Waals surface area (Å²) in [4.78, 5) is 0. The van der Waals surface area contributed by atoms with Gasteiger partial charge >= 0.3 is 0 Å². The van der Waals surface area contributed by atoms with Gasteiger partial charge in [-0.3, -0.25) is 0 Å². The van der Waals surface area contributed by atoms with Crippen LogP contribution in [0.3, 0.4) is 0 Å². The normalized spacial score (nSPS) is 20.1. The van der Waals surface area contributed by atoms with E-state index in [1.54, 1.807) is 0 Å². The van der Waals surface area contributed by atoms with E-state index in [9.17, 15) is 13.2 Å². The third-order valence-electron chi connectivity index (χ3n) is 2.66.